The first-order valence-corrected chi connectivity index (χ1v) is 7.63. The molecule has 2 aliphatic rings. The summed E-state index contributed by atoms with van der Waals surface area (Å²) in [5.74, 6) is 0.0136. The number of sulfone groups is 1. The van der Waals surface area contributed by atoms with E-state index in [1.54, 1.807) is 30.3 Å². The van der Waals surface area contributed by atoms with Gasteiger partial charge in [0.2, 0.25) is 0 Å². The first-order valence-electron chi connectivity index (χ1n) is 6.09. The van der Waals surface area contributed by atoms with Gasteiger partial charge in [0.25, 0.3) is 0 Å². The molecule has 0 amide bonds. The molecule has 3 atom stereocenters. The Morgan fingerprint density at radius 2 is 1.78 bits per heavy atom. The van der Waals surface area contributed by atoms with E-state index in [9.17, 15) is 13.2 Å². The number of fused-ring (bicyclic) bond motifs is 2. The minimum Gasteiger partial charge on any atom is -0.299 e. The van der Waals surface area contributed by atoms with Gasteiger partial charge in [0.15, 0.2) is 9.84 Å². The summed E-state index contributed by atoms with van der Waals surface area (Å²) in [5, 5.41) is -0.581. The summed E-state index contributed by atoms with van der Waals surface area (Å²) in [6.45, 7) is 0. The summed E-state index contributed by atoms with van der Waals surface area (Å²) in [6, 6.07) is 8.42. The predicted octanol–water partition coefficient (Wildman–Crippen LogP) is 1.99. The Balaban J connectivity index is 2.00. The van der Waals surface area contributed by atoms with Gasteiger partial charge in [-0.15, -0.1) is 0 Å². The van der Waals surface area contributed by atoms with E-state index < -0.39 is 15.1 Å². The molecule has 1 unspecified atom stereocenters. The fraction of sp³-hybridized carbons (Fsp3) is 0.357. The highest BCUT2D eigenvalue weighted by Gasteiger charge is 2.44. The van der Waals surface area contributed by atoms with Crippen LogP contribution < -0.4 is 0 Å². The molecule has 1 fully saturated rings. The van der Waals surface area contributed by atoms with Crippen LogP contribution in [0.1, 0.15) is 12.8 Å². The lowest BCUT2D eigenvalue weighted by Gasteiger charge is -2.27. The maximum absolute atomic E-state index is 12.5. The highest BCUT2D eigenvalue weighted by atomic mass is 32.2. The van der Waals surface area contributed by atoms with Crippen LogP contribution in [0.5, 0.6) is 0 Å². The standard InChI is InChI=1S/C14H14O3S/c15-13-9-14(11-7-6-10(13)8-11)18(16,17)12-4-2-1-3-5-12/h1-7,10-11,14H,8-9H2/t10-,11+,14?/m1/s1. The van der Waals surface area contributed by atoms with Gasteiger partial charge in [0.05, 0.1) is 10.1 Å². The molecule has 18 heavy (non-hydrogen) atoms. The summed E-state index contributed by atoms with van der Waals surface area (Å²) in [6.07, 6.45) is 4.59. The fourth-order valence-corrected chi connectivity index (χ4v) is 4.80. The quantitative estimate of drug-likeness (QED) is 0.766. The number of carbonyl (C=O) groups excluding carboxylic acids is 1. The second-order valence-corrected chi connectivity index (χ2v) is 7.12. The third-order valence-electron chi connectivity index (χ3n) is 3.88. The molecule has 3 rings (SSSR count). The monoisotopic (exact) mass is 262 g/mol. The second kappa shape index (κ2) is 4.05. The second-order valence-electron chi connectivity index (χ2n) is 4.96. The number of Topliss-reactive ketones (excluding diaryl/α,β-unsaturated/α-hetero) is 1. The van der Waals surface area contributed by atoms with Crippen LogP contribution in [0, 0.1) is 11.8 Å². The summed E-state index contributed by atoms with van der Waals surface area (Å²) in [5.41, 5.74) is 0. The molecule has 3 nitrogen and oxygen atoms in total. The van der Waals surface area contributed by atoms with E-state index in [2.05, 4.69) is 0 Å². The van der Waals surface area contributed by atoms with E-state index in [1.165, 1.54) is 0 Å². The Bertz CT molecular complexity index is 601. The van der Waals surface area contributed by atoms with E-state index in [0.717, 1.165) is 0 Å². The summed E-state index contributed by atoms with van der Waals surface area (Å²) < 4.78 is 25.1. The minimum atomic E-state index is -3.40. The summed E-state index contributed by atoms with van der Waals surface area (Å²) >= 11 is 0. The number of benzene rings is 1. The van der Waals surface area contributed by atoms with Crippen LogP contribution in [-0.4, -0.2) is 19.5 Å². The largest absolute Gasteiger partial charge is 0.299 e. The molecule has 0 N–H and O–H groups in total. The molecule has 4 heteroatoms. The number of hydrogen-bond acceptors (Lipinski definition) is 3. The lowest BCUT2D eigenvalue weighted by atomic mass is 9.86. The molecule has 0 saturated heterocycles. The van der Waals surface area contributed by atoms with Crippen LogP contribution in [0.15, 0.2) is 47.4 Å². The average Bonchev–Trinajstić information content (AvgIpc) is 2.80. The van der Waals surface area contributed by atoms with Gasteiger partial charge in [-0.3, -0.25) is 4.79 Å². The third kappa shape index (κ3) is 1.72. The van der Waals surface area contributed by atoms with Crippen LogP contribution >= 0.6 is 0 Å². The molecular weight excluding hydrogens is 248 g/mol. The van der Waals surface area contributed by atoms with Crippen molar-refractivity contribution in [3.05, 3.63) is 42.5 Å². The van der Waals surface area contributed by atoms with Crippen molar-refractivity contribution in [3.63, 3.8) is 0 Å². The molecule has 94 valence electrons. The zero-order valence-electron chi connectivity index (χ0n) is 9.82. The van der Waals surface area contributed by atoms with Crippen molar-refractivity contribution >= 4 is 15.6 Å². The van der Waals surface area contributed by atoms with Crippen LogP contribution in [0.3, 0.4) is 0 Å². The van der Waals surface area contributed by atoms with Gasteiger partial charge in [-0.1, -0.05) is 30.4 Å². The highest BCUT2D eigenvalue weighted by molar-refractivity contribution is 7.92. The van der Waals surface area contributed by atoms with Crippen LogP contribution in [0.4, 0.5) is 0 Å². The van der Waals surface area contributed by atoms with Crippen molar-refractivity contribution in [1.82, 2.24) is 0 Å². The Labute approximate surface area is 106 Å². The lowest BCUT2D eigenvalue weighted by Crippen LogP contribution is -2.36. The first kappa shape index (κ1) is 11.7. The lowest BCUT2D eigenvalue weighted by molar-refractivity contribution is -0.122. The van der Waals surface area contributed by atoms with Crippen molar-refractivity contribution in [3.8, 4) is 0 Å². The van der Waals surface area contributed by atoms with Crippen molar-refractivity contribution in [2.24, 2.45) is 11.8 Å². The molecule has 0 aliphatic heterocycles. The molecular formula is C14H14O3S. The van der Waals surface area contributed by atoms with Crippen molar-refractivity contribution in [2.75, 3.05) is 0 Å². The van der Waals surface area contributed by atoms with E-state index in [-0.39, 0.29) is 24.0 Å². The van der Waals surface area contributed by atoms with E-state index in [4.69, 9.17) is 0 Å². The summed E-state index contributed by atoms with van der Waals surface area (Å²) in [4.78, 5) is 12.1. The van der Waals surface area contributed by atoms with Gasteiger partial charge < -0.3 is 0 Å². The average molecular weight is 262 g/mol. The van der Waals surface area contributed by atoms with Gasteiger partial charge in [-0.2, -0.15) is 0 Å². The number of carbonyl (C=O) groups is 1. The van der Waals surface area contributed by atoms with Crippen LogP contribution in [0.25, 0.3) is 0 Å². The molecule has 1 saturated carbocycles. The molecule has 0 radical (unpaired) electrons. The number of rotatable bonds is 2. The van der Waals surface area contributed by atoms with Gasteiger partial charge in [0.1, 0.15) is 5.78 Å². The van der Waals surface area contributed by atoms with Gasteiger partial charge >= 0.3 is 0 Å². The number of hydrogen-bond donors (Lipinski definition) is 0. The zero-order valence-corrected chi connectivity index (χ0v) is 10.6. The molecule has 1 aromatic rings. The van der Waals surface area contributed by atoms with Crippen molar-refractivity contribution in [1.29, 1.82) is 0 Å². The number of ketones is 1. The Hall–Kier alpha value is -1.42. The molecule has 0 heterocycles. The SMILES string of the molecule is O=C1CC(S(=O)(=O)c2ccccc2)[C@H]2C=C[C@@H]1C2. The van der Waals surface area contributed by atoms with Crippen molar-refractivity contribution < 1.29 is 13.2 Å². The highest BCUT2D eigenvalue weighted by Crippen LogP contribution is 2.39. The maximum Gasteiger partial charge on any atom is 0.182 e. The van der Waals surface area contributed by atoms with Gasteiger partial charge in [-0.05, 0) is 24.5 Å². The number of allylic oxidation sites excluding steroid dienone is 2. The Morgan fingerprint density at radius 3 is 2.50 bits per heavy atom. The third-order valence-corrected chi connectivity index (χ3v) is 6.12. The minimum absolute atomic E-state index is 0.00194. The van der Waals surface area contributed by atoms with Gasteiger partial charge in [0, 0.05) is 12.3 Å². The topological polar surface area (TPSA) is 51.2 Å². The maximum atomic E-state index is 12.5. The molecule has 2 bridgehead atoms. The molecule has 0 aromatic heterocycles. The first-order chi connectivity index (χ1) is 8.59. The summed E-state index contributed by atoms with van der Waals surface area (Å²) in [7, 11) is -3.40. The fourth-order valence-electron chi connectivity index (χ4n) is 2.87. The van der Waals surface area contributed by atoms with E-state index in [0.29, 0.717) is 11.3 Å². The van der Waals surface area contributed by atoms with E-state index in [1.807, 2.05) is 12.2 Å². The predicted molar refractivity (Wildman–Crippen MR) is 67.8 cm³/mol. The van der Waals surface area contributed by atoms with Gasteiger partial charge in [-0.25, -0.2) is 8.42 Å². The van der Waals surface area contributed by atoms with Crippen LogP contribution in [0.2, 0.25) is 0 Å². The Morgan fingerprint density at radius 1 is 1.06 bits per heavy atom. The molecule has 2 aliphatic carbocycles. The Kier molecular flexibility index (Phi) is 2.63. The normalized spacial score (nSPS) is 30.7. The van der Waals surface area contributed by atoms with E-state index >= 15 is 0 Å². The zero-order chi connectivity index (χ0) is 12.8. The molecule has 1 aromatic carbocycles. The van der Waals surface area contributed by atoms with Crippen molar-refractivity contribution in [2.45, 2.75) is 23.0 Å². The van der Waals surface area contributed by atoms with Crippen LogP contribution in [-0.2, 0) is 14.6 Å². The smallest absolute Gasteiger partial charge is 0.182 e. The molecule has 0 spiro atoms.